The third-order valence-corrected chi connectivity index (χ3v) is 4.27. The minimum Gasteiger partial charge on any atom is -0.313 e. The summed E-state index contributed by atoms with van der Waals surface area (Å²) < 4.78 is 0.934. The fourth-order valence-corrected chi connectivity index (χ4v) is 2.93. The van der Waals surface area contributed by atoms with Crippen LogP contribution in [0.3, 0.4) is 0 Å². The van der Waals surface area contributed by atoms with E-state index in [9.17, 15) is 4.79 Å². The number of rotatable bonds is 1. The minimum absolute atomic E-state index is 0. The lowest BCUT2D eigenvalue weighted by Gasteiger charge is -2.18. The maximum absolute atomic E-state index is 12.1. The van der Waals surface area contributed by atoms with Gasteiger partial charge in [0.1, 0.15) is 6.54 Å². The van der Waals surface area contributed by atoms with Crippen LogP contribution < -0.4 is 4.90 Å². The average Bonchev–Trinajstić information content (AvgIpc) is 2.59. The van der Waals surface area contributed by atoms with Crippen molar-refractivity contribution in [3.63, 3.8) is 0 Å². The van der Waals surface area contributed by atoms with Crippen LogP contribution in [0.1, 0.15) is 11.1 Å². The number of aliphatic imine (C=N–C) groups is 1. The third kappa shape index (κ3) is 3.05. The van der Waals surface area contributed by atoms with Crippen LogP contribution in [0, 0.1) is 0 Å². The molecule has 0 spiro atoms. The Morgan fingerprint density at radius 3 is 2.64 bits per heavy atom. The van der Waals surface area contributed by atoms with Crippen LogP contribution in [0.4, 0.5) is 5.69 Å². The Morgan fingerprint density at radius 2 is 1.91 bits per heavy atom. The Hall–Kier alpha value is -1.36. The molecule has 0 N–H and O–H groups in total. The number of anilines is 1. The van der Waals surface area contributed by atoms with Gasteiger partial charge in [0.05, 0.1) is 11.4 Å². The van der Waals surface area contributed by atoms with Crippen molar-refractivity contribution in [3.8, 4) is 0 Å². The molecule has 1 aliphatic rings. The predicted molar refractivity (Wildman–Crippen MR) is 96.8 cm³/mol. The predicted octanol–water partition coefficient (Wildman–Crippen LogP) is 4.34. The first kappa shape index (κ1) is 17.0. The number of halogens is 3. The zero-order valence-corrected chi connectivity index (χ0v) is 14.9. The van der Waals surface area contributed by atoms with Crippen LogP contribution in [0.15, 0.2) is 51.9 Å². The summed E-state index contributed by atoms with van der Waals surface area (Å²) in [4.78, 5) is 18.2. The van der Waals surface area contributed by atoms with Gasteiger partial charge in [-0.3, -0.25) is 9.79 Å². The number of carbonyl (C=O) groups is 1. The van der Waals surface area contributed by atoms with Crippen molar-refractivity contribution in [2.24, 2.45) is 4.99 Å². The van der Waals surface area contributed by atoms with E-state index in [1.807, 2.05) is 42.5 Å². The van der Waals surface area contributed by atoms with E-state index in [1.54, 1.807) is 11.9 Å². The summed E-state index contributed by atoms with van der Waals surface area (Å²) >= 11 is 9.78. The molecule has 0 radical (unpaired) electrons. The second-order valence-corrected chi connectivity index (χ2v) is 6.08. The number of nitrogens with zero attached hydrogens (tertiary/aromatic N) is 2. The first-order valence-corrected chi connectivity index (χ1v) is 7.61. The second-order valence-electron chi connectivity index (χ2n) is 4.76. The molecule has 1 amide bonds. The second kappa shape index (κ2) is 6.82. The van der Waals surface area contributed by atoms with Crippen molar-refractivity contribution in [3.05, 3.63) is 63.1 Å². The molecule has 3 nitrogen and oxygen atoms in total. The van der Waals surface area contributed by atoms with Gasteiger partial charge in [-0.15, -0.1) is 12.4 Å². The fourth-order valence-electron chi connectivity index (χ4n) is 2.35. The molecule has 0 unspecified atom stereocenters. The van der Waals surface area contributed by atoms with E-state index < -0.39 is 0 Å². The van der Waals surface area contributed by atoms with E-state index in [2.05, 4.69) is 20.9 Å². The van der Waals surface area contributed by atoms with Gasteiger partial charge in [0.15, 0.2) is 0 Å². The number of hydrogen-bond donors (Lipinski definition) is 0. The molecule has 3 rings (SSSR count). The highest BCUT2D eigenvalue weighted by atomic mass is 79.9. The molecule has 1 aliphatic heterocycles. The maximum atomic E-state index is 12.1. The van der Waals surface area contributed by atoms with Crippen LogP contribution in [0.2, 0.25) is 5.02 Å². The topological polar surface area (TPSA) is 32.7 Å². The van der Waals surface area contributed by atoms with Crippen LogP contribution in [0.5, 0.6) is 0 Å². The molecule has 0 aliphatic carbocycles. The minimum atomic E-state index is -0.0411. The highest BCUT2D eigenvalue weighted by Gasteiger charge is 2.23. The molecule has 114 valence electrons. The molecule has 1 heterocycles. The summed E-state index contributed by atoms with van der Waals surface area (Å²) in [5.41, 5.74) is 3.31. The van der Waals surface area contributed by atoms with Crippen LogP contribution in [-0.4, -0.2) is 25.2 Å². The molecular weight excluding hydrogens is 387 g/mol. The number of likely N-dealkylation sites (N-methyl/N-ethyl adjacent to an activating group) is 1. The van der Waals surface area contributed by atoms with E-state index in [4.69, 9.17) is 11.6 Å². The van der Waals surface area contributed by atoms with Gasteiger partial charge in [0.2, 0.25) is 5.91 Å². The van der Waals surface area contributed by atoms with Gasteiger partial charge in [-0.1, -0.05) is 45.7 Å². The summed E-state index contributed by atoms with van der Waals surface area (Å²) in [5, 5.41) is 0.624. The van der Waals surface area contributed by atoms with Crippen molar-refractivity contribution in [1.82, 2.24) is 0 Å². The Kier molecular flexibility index (Phi) is 5.27. The smallest absolute Gasteiger partial charge is 0.248 e. The van der Waals surface area contributed by atoms with Crippen molar-refractivity contribution in [1.29, 1.82) is 0 Å². The number of hydrogen-bond acceptors (Lipinski definition) is 2. The lowest BCUT2D eigenvalue weighted by molar-refractivity contribution is -0.116. The average molecular weight is 400 g/mol. The zero-order valence-electron chi connectivity index (χ0n) is 11.7. The standard InChI is InChI=1S/C16H12BrClN2O.ClH/c1-20-14-7-6-10(17)8-12(14)16(19-9-15(20)21)11-4-2-3-5-13(11)18;/h2-8H,9H2,1H3;1H. The van der Waals surface area contributed by atoms with Gasteiger partial charge < -0.3 is 4.90 Å². The highest BCUT2D eigenvalue weighted by molar-refractivity contribution is 9.10. The summed E-state index contributed by atoms with van der Waals surface area (Å²) in [6, 6.07) is 13.3. The van der Waals surface area contributed by atoms with Gasteiger partial charge in [0, 0.05) is 27.7 Å². The normalized spacial score (nSPS) is 13.9. The lowest BCUT2D eigenvalue weighted by Crippen LogP contribution is -2.27. The van der Waals surface area contributed by atoms with Crippen molar-refractivity contribution < 1.29 is 4.79 Å². The largest absolute Gasteiger partial charge is 0.313 e. The van der Waals surface area contributed by atoms with E-state index in [0.717, 1.165) is 27.0 Å². The first-order valence-electron chi connectivity index (χ1n) is 6.44. The molecule has 0 fully saturated rings. The highest BCUT2D eigenvalue weighted by Crippen LogP contribution is 2.30. The van der Waals surface area contributed by atoms with E-state index in [0.29, 0.717) is 5.02 Å². The number of fused-ring (bicyclic) bond motifs is 1. The number of amides is 1. The Morgan fingerprint density at radius 1 is 1.18 bits per heavy atom. The van der Waals surface area contributed by atoms with E-state index in [-0.39, 0.29) is 24.9 Å². The van der Waals surface area contributed by atoms with E-state index in [1.165, 1.54) is 0 Å². The van der Waals surface area contributed by atoms with Crippen LogP contribution in [-0.2, 0) is 4.79 Å². The summed E-state index contributed by atoms with van der Waals surface area (Å²) in [7, 11) is 1.76. The molecule has 22 heavy (non-hydrogen) atoms. The molecule has 2 aromatic carbocycles. The number of benzodiazepines with no additional fused rings is 1. The van der Waals surface area contributed by atoms with Crippen LogP contribution in [0.25, 0.3) is 0 Å². The van der Waals surface area contributed by atoms with Gasteiger partial charge in [-0.05, 0) is 24.3 Å². The molecule has 0 saturated carbocycles. The van der Waals surface area contributed by atoms with E-state index >= 15 is 0 Å². The molecule has 0 aromatic heterocycles. The molecular formula is C16H13BrCl2N2O. The molecule has 0 saturated heterocycles. The van der Waals surface area contributed by atoms with Crippen molar-refractivity contribution in [2.45, 2.75) is 0 Å². The Balaban J connectivity index is 0.00000176. The quantitative estimate of drug-likeness (QED) is 0.701. The zero-order chi connectivity index (χ0) is 15.0. The summed E-state index contributed by atoms with van der Waals surface area (Å²) in [6.07, 6.45) is 0. The Labute approximate surface area is 148 Å². The number of benzene rings is 2. The molecule has 0 bridgehead atoms. The van der Waals surface area contributed by atoms with Gasteiger partial charge >= 0.3 is 0 Å². The van der Waals surface area contributed by atoms with Gasteiger partial charge in [0.25, 0.3) is 0 Å². The SMILES string of the molecule is CN1C(=O)CN=C(c2ccccc2Cl)c2cc(Br)ccc21.Cl. The van der Waals surface area contributed by atoms with Crippen LogP contribution >= 0.6 is 39.9 Å². The lowest BCUT2D eigenvalue weighted by atomic mass is 10.0. The summed E-state index contributed by atoms with van der Waals surface area (Å²) in [5.74, 6) is -0.0411. The third-order valence-electron chi connectivity index (χ3n) is 3.45. The van der Waals surface area contributed by atoms with Crippen molar-refractivity contribution in [2.75, 3.05) is 18.5 Å². The Bertz CT molecular complexity index is 762. The summed E-state index contributed by atoms with van der Waals surface area (Å²) in [6.45, 7) is 0.114. The monoisotopic (exact) mass is 398 g/mol. The maximum Gasteiger partial charge on any atom is 0.248 e. The van der Waals surface area contributed by atoms with Crippen molar-refractivity contribution >= 4 is 57.2 Å². The molecule has 0 atom stereocenters. The van der Waals surface area contributed by atoms with Gasteiger partial charge in [-0.2, -0.15) is 0 Å². The fraction of sp³-hybridized carbons (Fsp3) is 0.125. The number of carbonyl (C=O) groups excluding carboxylic acids is 1. The molecule has 2 aromatic rings. The van der Waals surface area contributed by atoms with Gasteiger partial charge in [-0.25, -0.2) is 0 Å². The molecule has 6 heteroatoms. The first-order chi connectivity index (χ1) is 10.1.